The fourth-order valence-corrected chi connectivity index (χ4v) is 2.54. The normalized spacial score (nSPS) is 16.0. The van der Waals surface area contributed by atoms with Crippen molar-refractivity contribution in [2.24, 2.45) is 12.0 Å². The molecule has 0 atom stereocenters. The van der Waals surface area contributed by atoms with E-state index >= 15 is 0 Å². The van der Waals surface area contributed by atoms with Crippen molar-refractivity contribution < 1.29 is 4.79 Å². The number of halogens is 1. The van der Waals surface area contributed by atoms with Crippen molar-refractivity contribution in [3.63, 3.8) is 0 Å². The van der Waals surface area contributed by atoms with Gasteiger partial charge in [0.2, 0.25) is 6.41 Å². The molecular formula is C17H16ClN5O. The zero-order valence-corrected chi connectivity index (χ0v) is 14.0. The van der Waals surface area contributed by atoms with Gasteiger partial charge in [0.05, 0.1) is 23.3 Å². The second kappa shape index (κ2) is 6.72. The smallest absolute Gasteiger partial charge is 0.218 e. The highest BCUT2D eigenvalue weighted by atomic mass is 35.5. The van der Waals surface area contributed by atoms with Gasteiger partial charge in [-0.3, -0.25) is 14.4 Å². The van der Waals surface area contributed by atoms with Gasteiger partial charge in [-0.25, -0.2) is 4.99 Å². The highest BCUT2D eigenvalue weighted by Crippen LogP contribution is 2.27. The molecule has 0 unspecified atom stereocenters. The van der Waals surface area contributed by atoms with Crippen LogP contribution in [-0.4, -0.2) is 33.8 Å². The van der Waals surface area contributed by atoms with E-state index in [1.165, 1.54) is 4.90 Å². The van der Waals surface area contributed by atoms with Crippen molar-refractivity contribution >= 4 is 29.4 Å². The van der Waals surface area contributed by atoms with Crippen LogP contribution in [0.3, 0.4) is 0 Å². The molecule has 122 valence electrons. The lowest BCUT2D eigenvalue weighted by Gasteiger charge is -2.24. The van der Waals surface area contributed by atoms with Crippen molar-refractivity contribution in [2.45, 2.75) is 0 Å². The van der Waals surface area contributed by atoms with Gasteiger partial charge in [0.25, 0.3) is 0 Å². The van der Waals surface area contributed by atoms with Crippen LogP contribution in [0.5, 0.6) is 0 Å². The molecular weight excluding hydrogens is 326 g/mol. The van der Waals surface area contributed by atoms with Crippen LogP contribution in [0, 0.1) is 0 Å². The van der Waals surface area contributed by atoms with Gasteiger partial charge in [-0.15, -0.1) is 0 Å². The Bertz CT molecular complexity index is 848. The maximum atomic E-state index is 11.6. The predicted octanol–water partition coefficient (Wildman–Crippen LogP) is 2.39. The first-order valence-corrected chi connectivity index (χ1v) is 7.67. The number of nitrogens with one attached hydrogen (secondary N) is 1. The molecule has 1 amide bonds. The summed E-state index contributed by atoms with van der Waals surface area (Å²) < 4.78 is 1.69. The number of nitrogens with zero attached hydrogens (tertiary/aromatic N) is 4. The Balaban J connectivity index is 2.13. The number of aryl methyl sites for hydroxylation is 1. The summed E-state index contributed by atoms with van der Waals surface area (Å²) in [6, 6.07) is 7.32. The summed E-state index contributed by atoms with van der Waals surface area (Å²) in [5, 5.41) is 7.79. The Labute approximate surface area is 144 Å². The standard InChI is InChI=1S/C17H16ClN5O/c1-19-8-16-17(13-7-20-22(2)9-13)21-15(10-23(16)11-24)12-3-5-14(18)6-4-12/h3-11,19H,1-2H3/b16-8-. The van der Waals surface area contributed by atoms with Gasteiger partial charge in [0.1, 0.15) is 0 Å². The first-order chi connectivity index (χ1) is 11.6. The molecule has 0 radical (unpaired) electrons. The number of allylic oxidation sites excluding steroid dienone is 1. The molecule has 0 fully saturated rings. The molecule has 0 saturated heterocycles. The van der Waals surface area contributed by atoms with Gasteiger partial charge < -0.3 is 5.32 Å². The van der Waals surface area contributed by atoms with Gasteiger partial charge in [0.15, 0.2) is 0 Å². The van der Waals surface area contributed by atoms with Gasteiger partial charge in [0, 0.05) is 48.8 Å². The lowest BCUT2D eigenvalue weighted by atomic mass is 10.1. The number of aliphatic imine (C=N–C) groups is 1. The highest BCUT2D eigenvalue weighted by molar-refractivity contribution is 6.30. The molecule has 0 spiro atoms. The summed E-state index contributed by atoms with van der Waals surface area (Å²) >= 11 is 5.95. The Morgan fingerprint density at radius 2 is 1.96 bits per heavy atom. The molecule has 1 aliphatic rings. The SMILES string of the molecule is CN/C=C1/C(c2cnn(C)c2)=NC(c2ccc(Cl)cc2)=CN1C=O. The second-order valence-electron chi connectivity index (χ2n) is 5.22. The summed E-state index contributed by atoms with van der Waals surface area (Å²) in [6.45, 7) is 0. The zero-order valence-electron chi connectivity index (χ0n) is 13.3. The lowest BCUT2D eigenvalue weighted by molar-refractivity contribution is -0.114. The Morgan fingerprint density at radius 3 is 2.54 bits per heavy atom. The lowest BCUT2D eigenvalue weighted by Crippen LogP contribution is -2.27. The Kier molecular flexibility index (Phi) is 4.48. The van der Waals surface area contributed by atoms with E-state index in [2.05, 4.69) is 10.4 Å². The van der Waals surface area contributed by atoms with E-state index in [0.29, 0.717) is 22.1 Å². The first-order valence-electron chi connectivity index (χ1n) is 7.29. The van der Waals surface area contributed by atoms with Crippen LogP contribution in [0.25, 0.3) is 5.70 Å². The molecule has 3 rings (SSSR count). The van der Waals surface area contributed by atoms with Crippen LogP contribution < -0.4 is 5.32 Å². The molecule has 2 aromatic rings. The molecule has 0 bridgehead atoms. The highest BCUT2D eigenvalue weighted by Gasteiger charge is 2.23. The Hall–Kier alpha value is -2.86. The fourth-order valence-electron chi connectivity index (χ4n) is 2.41. The molecule has 7 heteroatoms. The van der Waals surface area contributed by atoms with Gasteiger partial charge in [-0.05, 0) is 12.1 Å². The number of rotatable bonds is 4. The third-order valence-electron chi connectivity index (χ3n) is 3.53. The molecule has 1 aliphatic heterocycles. The third kappa shape index (κ3) is 3.09. The minimum Gasteiger partial charge on any atom is -0.392 e. The first kappa shape index (κ1) is 16.0. The van der Waals surface area contributed by atoms with Crippen LogP contribution in [0.2, 0.25) is 5.02 Å². The summed E-state index contributed by atoms with van der Waals surface area (Å²) in [6.07, 6.45) is 7.75. The van der Waals surface area contributed by atoms with Crippen LogP contribution in [0.1, 0.15) is 11.1 Å². The number of benzene rings is 1. The zero-order chi connectivity index (χ0) is 17.1. The van der Waals surface area contributed by atoms with Crippen molar-refractivity contribution in [3.8, 4) is 0 Å². The minimum absolute atomic E-state index is 0.648. The van der Waals surface area contributed by atoms with E-state index < -0.39 is 0 Å². The van der Waals surface area contributed by atoms with E-state index in [-0.39, 0.29) is 0 Å². The van der Waals surface area contributed by atoms with Crippen LogP contribution in [0.15, 0.2) is 59.7 Å². The number of hydrogen-bond acceptors (Lipinski definition) is 4. The Morgan fingerprint density at radius 1 is 1.21 bits per heavy atom. The molecule has 6 nitrogen and oxygen atoms in total. The van der Waals surface area contributed by atoms with Crippen molar-refractivity contribution in [1.82, 2.24) is 20.0 Å². The average Bonchev–Trinajstić information content (AvgIpc) is 3.02. The van der Waals surface area contributed by atoms with Crippen molar-refractivity contribution in [3.05, 3.63) is 70.9 Å². The quantitative estimate of drug-likeness (QED) is 0.869. The molecule has 1 aromatic carbocycles. The van der Waals surface area contributed by atoms with Crippen LogP contribution >= 0.6 is 11.6 Å². The number of hydrogen-bond donors (Lipinski definition) is 1. The summed E-state index contributed by atoms with van der Waals surface area (Å²) in [4.78, 5) is 17.8. The van der Waals surface area contributed by atoms with E-state index in [4.69, 9.17) is 16.6 Å². The summed E-state index contributed by atoms with van der Waals surface area (Å²) in [5.41, 5.74) is 3.68. The molecule has 24 heavy (non-hydrogen) atoms. The fraction of sp³-hybridized carbons (Fsp3) is 0.118. The minimum atomic E-state index is 0.648. The van der Waals surface area contributed by atoms with E-state index in [9.17, 15) is 4.79 Å². The van der Waals surface area contributed by atoms with Gasteiger partial charge in [-0.2, -0.15) is 5.10 Å². The van der Waals surface area contributed by atoms with E-state index in [0.717, 1.165) is 17.5 Å². The molecule has 1 N–H and O–H groups in total. The van der Waals surface area contributed by atoms with Crippen LogP contribution in [-0.2, 0) is 11.8 Å². The third-order valence-corrected chi connectivity index (χ3v) is 3.78. The maximum Gasteiger partial charge on any atom is 0.218 e. The summed E-state index contributed by atoms with van der Waals surface area (Å²) in [7, 11) is 3.61. The van der Waals surface area contributed by atoms with Gasteiger partial charge >= 0.3 is 0 Å². The number of aromatic nitrogens is 2. The largest absolute Gasteiger partial charge is 0.392 e. The number of carbonyl (C=O) groups excluding carboxylic acids is 1. The van der Waals surface area contributed by atoms with Crippen molar-refractivity contribution in [1.29, 1.82) is 0 Å². The summed E-state index contributed by atoms with van der Waals surface area (Å²) in [5.74, 6) is 0. The molecule has 1 aromatic heterocycles. The predicted molar refractivity (Wildman–Crippen MR) is 94.2 cm³/mol. The molecule has 0 saturated carbocycles. The topological polar surface area (TPSA) is 62.5 Å². The van der Waals surface area contributed by atoms with Crippen LogP contribution in [0.4, 0.5) is 0 Å². The average molecular weight is 342 g/mol. The monoisotopic (exact) mass is 341 g/mol. The van der Waals surface area contributed by atoms with Crippen molar-refractivity contribution in [2.75, 3.05) is 7.05 Å². The van der Waals surface area contributed by atoms with E-state index in [1.54, 1.807) is 42.5 Å². The number of amides is 1. The van der Waals surface area contributed by atoms with E-state index in [1.807, 2.05) is 25.4 Å². The molecule has 2 heterocycles. The molecule has 0 aliphatic carbocycles. The van der Waals surface area contributed by atoms with Gasteiger partial charge in [-0.1, -0.05) is 23.7 Å². The number of carbonyl (C=O) groups is 1. The second-order valence-corrected chi connectivity index (χ2v) is 5.65. The maximum absolute atomic E-state index is 11.6.